The first-order valence-corrected chi connectivity index (χ1v) is 11.9. The van der Waals surface area contributed by atoms with E-state index in [1.165, 1.54) is 24.7 Å². The highest BCUT2D eigenvalue weighted by Gasteiger charge is 2.29. The maximum atomic E-state index is 14.8. The topological polar surface area (TPSA) is 79.5 Å². The predicted molar refractivity (Wildman–Crippen MR) is 131 cm³/mol. The van der Waals surface area contributed by atoms with Gasteiger partial charge < -0.3 is 14.8 Å². The van der Waals surface area contributed by atoms with Gasteiger partial charge in [-0.2, -0.15) is 0 Å². The maximum Gasteiger partial charge on any atom is 0.337 e. The summed E-state index contributed by atoms with van der Waals surface area (Å²) in [7, 11) is 1.52. The molecule has 2 N–H and O–H groups in total. The highest BCUT2D eigenvalue weighted by Crippen LogP contribution is 2.36. The van der Waals surface area contributed by atoms with Crippen molar-refractivity contribution in [3.63, 3.8) is 0 Å². The Hall–Kier alpha value is -3.32. The molecule has 0 saturated heterocycles. The number of benzene rings is 2. The quantitative estimate of drug-likeness (QED) is 0.242. The van der Waals surface area contributed by atoms with Crippen LogP contribution in [0.15, 0.2) is 42.6 Å². The Kier molecular flexibility index (Phi) is 8.93. The van der Waals surface area contributed by atoms with Gasteiger partial charge in [0.15, 0.2) is 0 Å². The molecule has 0 radical (unpaired) electrons. The van der Waals surface area contributed by atoms with Crippen LogP contribution in [-0.2, 0) is 13.5 Å². The van der Waals surface area contributed by atoms with Gasteiger partial charge in [-0.15, -0.1) is 0 Å². The molecular weight excluding hydrogens is 452 g/mol. The molecule has 1 heterocycles. The number of carbonyl (C=O) groups excluding carboxylic acids is 1. The number of aliphatic hydroxyl groups is 1. The molecule has 35 heavy (non-hydrogen) atoms. The smallest absolute Gasteiger partial charge is 0.337 e. The van der Waals surface area contributed by atoms with Crippen LogP contribution in [0, 0.1) is 18.6 Å². The second-order valence-electron chi connectivity index (χ2n) is 8.83. The Morgan fingerprint density at radius 2 is 1.46 bits per heavy atom. The molecule has 186 valence electrons. The third-order valence-electron chi connectivity index (χ3n) is 6.31. The van der Waals surface area contributed by atoms with Crippen LogP contribution in [0.2, 0.25) is 0 Å². The van der Waals surface area contributed by atoms with E-state index in [9.17, 15) is 23.5 Å². The molecule has 0 bridgehead atoms. The van der Waals surface area contributed by atoms with Crippen LogP contribution >= 0.6 is 0 Å². The number of rotatable bonds is 12. The van der Waals surface area contributed by atoms with Crippen molar-refractivity contribution in [2.75, 3.05) is 6.61 Å². The molecule has 0 aliphatic carbocycles. The van der Waals surface area contributed by atoms with Gasteiger partial charge in [-0.25, -0.2) is 13.6 Å². The first-order valence-electron chi connectivity index (χ1n) is 11.9. The van der Waals surface area contributed by atoms with E-state index in [0.29, 0.717) is 5.56 Å². The molecule has 1 aromatic heterocycles. The number of halogens is 2. The first kappa shape index (κ1) is 26.3. The lowest BCUT2D eigenvalue weighted by Gasteiger charge is -2.12. The van der Waals surface area contributed by atoms with Crippen LogP contribution in [0.1, 0.15) is 76.1 Å². The molecule has 0 saturated carbocycles. The Morgan fingerprint density at radius 1 is 0.857 bits per heavy atom. The van der Waals surface area contributed by atoms with E-state index in [-0.39, 0.29) is 34.6 Å². The molecule has 0 fully saturated rings. The second kappa shape index (κ2) is 11.9. The number of aryl methyl sites for hydroxylation is 2. The summed E-state index contributed by atoms with van der Waals surface area (Å²) in [4.78, 5) is 25.4. The Morgan fingerprint density at radius 3 is 2.09 bits per heavy atom. The van der Waals surface area contributed by atoms with Gasteiger partial charge in [0.25, 0.3) is 0 Å². The van der Waals surface area contributed by atoms with Crippen LogP contribution in [0.3, 0.4) is 0 Å². The summed E-state index contributed by atoms with van der Waals surface area (Å²) in [6, 6.07) is 9.02. The molecule has 0 amide bonds. The number of ketones is 1. The third kappa shape index (κ3) is 6.03. The van der Waals surface area contributed by atoms with E-state index >= 15 is 0 Å². The van der Waals surface area contributed by atoms with Gasteiger partial charge in [-0.3, -0.25) is 4.79 Å². The van der Waals surface area contributed by atoms with Crippen LogP contribution < -0.4 is 0 Å². The van der Waals surface area contributed by atoms with Gasteiger partial charge in [0.1, 0.15) is 11.6 Å². The van der Waals surface area contributed by atoms with E-state index in [4.69, 9.17) is 5.11 Å². The standard InChI is InChI=1S/C28H31F2NO4/c1-18-22(29)14-15-23(30)24(18)25-21(28(34)35)17-31(2)26(25)27(33)20-12-10-19(11-13-20)9-7-5-3-4-6-8-16-32/h10-15,17,32H,3-9,16H2,1-2H3,(H,34,35). The number of carbonyl (C=O) groups is 2. The van der Waals surface area contributed by atoms with Gasteiger partial charge in [0.2, 0.25) is 5.78 Å². The summed E-state index contributed by atoms with van der Waals surface area (Å²) < 4.78 is 30.4. The largest absolute Gasteiger partial charge is 0.478 e. The van der Waals surface area contributed by atoms with Crippen LogP contribution in [0.5, 0.6) is 0 Å². The number of carboxylic acids is 1. The van der Waals surface area contributed by atoms with E-state index < -0.39 is 23.4 Å². The van der Waals surface area contributed by atoms with Crippen LogP contribution in [0.25, 0.3) is 11.1 Å². The number of aromatic nitrogens is 1. The van der Waals surface area contributed by atoms with Crippen LogP contribution in [0.4, 0.5) is 8.78 Å². The highest BCUT2D eigenvalue weighted by atomic mass is 19.1. The van der Waals surface area contributed by atoms with Crippen molar-refractivity contribution in [2.45, 2.75) is 51.9 Å². The zero-order valence-corrected chi connectivity index (χ0v) is 20.1. The zero-order chi connectivity index (χ0) is 25.5. The van der Waals surface area contributed by atoms with Crippen molar-refractivity contribution < 1.29 is 28.6 Å². The number of carboxylic acid groups (broad SMARTS) is 1. The predicted octanol–water partition coefficient (Wildman–Crippen LogP) is 6.08. The summed E-state index contributed by atoms with van der Waals surface area (Å²) in [5.74, 6) is -3.27. The van der Waals surface area contributed by atoms with Crippen molar-refractivity contribution in [3.05, 3.63) is 82.2 Å². The average Bonchev–Trinajstić information content (AvgIpc) is 3.18. The number of hydrogen-bond donors (Lipinski definition) is 2. The van der Waals surface area contributed by atoms with E-state index in [1.807, 2.05) is 12.1 Å². The molecule has 0 spiro atoms. The summed E-state index contributed by atoms with van der Waals surface area (Å²) >= 11 is 0. The summed E-state index contributed by atoms with van der Waals surface area (Å²) in [5, 5.41) is 18.5. The fourth-order valence-corrected chi connectivity index (χ4v) is 4.38. The van der Waals surface area contributed by atoms with Crippen molar-refractivity contribution >= 4 is 11.8 Å². The van der Waals surface area contributed by atoms with Crippen molar-refractivity contribution in [2.24, 2.45) is 7.05 Å². The molecule has 0 atom stereocenters. The van der Waals surface area contributed by atoms with Gasteiger partial charge in [-0.05, 0) is 49.4 Å². The minimum absolute atomic E-state index is 0.00868. The summed E-state index contributed by atoms with van der Waals surface area (Å²) in [6.45, 7) is 1.60. The van der Waals surface area contributed by atoms with E-state index in [2.05, 4.69) is 0 Å². The number of aliphatic hydroxyl groups excluding tert-OH is 1. The van der Waals surface area contributed by atoms with Gasteiger partial charge in [-0.1, -0.05) is 49.9 Å². The zero-order valence-electron chi connectivity index (χ0n) is 20.1. The third-order valence-corrected chi connectivity index (χ3v) is 6.31. The SMILES string of the molecule is Cc1c(F)ccc(F)c1-c1c(C(=O)O)cn(C)c1C(=O)c1ccc(CCCCCCCCO)cc1. The van der Waals surface area contributed by atoms with Crippen molar-refractivity contribution in [3.8, 4) is 11.1 Å². The highest BCUT2D eigenvalue weighted by molar-refractivity contribution is 6.15. The molecule has 5 nitrogen and oxygen atoms in total. The first-order chi connectivity index (χ1) is 16.8. The molecule has 0 unspecified atom stereocenters. The van der Waals surface area contributed by atoms with Crippen molar-refractivity contribution in [1.82, 2.24) is 4.57 Å². The van der Waals surface area contributed by atoms with E-state index in [1.54, 1.807) is 12.1 Å². The monoisotopic (exact) mass is 483 g/mol. The lowest BCUT2D eigenvalue weighted by molar-refractivity contribution is 0.0697. The van der Waals surface area contributed by atoms with Crippen LogP contribution in [-0.4, -0.2) is 33.1 Å². The lowest BCUT2D eigenvalue weighted by atomic mass is 9.93. The fraction of sp³-hybridized carbons (Fsp3) is 0.357. The molecule has 7 heteroatoms. The Balaban J connectivity index is 1.85. The summed E-state index contributed by atoms with van der Waals surface area (Å²) in [5.41, 5.74) is 0.754. The lowest BCUT2D eigenvalue weighted by Crippen LogP contribution is -2.10. The molecule has 0 aliphatic rings. The Bertz CT molecular complexity index is 1200. The van der Waals surface area contributed by atoms with E-state index in [0.717, 1.165) is 62.6 Å². The second-order valence-corrected chi connectivity index (χ2v) is 8.83. The number of unbranched alkanes of at least 4 members (excludes halogenated alkanes) is 5. The molecule has 3 rings (SSSR count). The normalized spacial score (nSPS) is 11.1. The number of aromatic carboxylic acids is 1. The molecule has 3 aromatic rings. The Labute approximate surface area is 204 Å². The average molecular weight is 484 g/mol. The van der Waals surface area contributed by atoms with Crippen molar-refractivity contribution in [1.29, 1.82) is 0 Å². The van der Waals surface area contributed by atoms with Gasteiger partial charge >= 0.3 is 5.97 Å². The fourth-order valence-electron chi connectivity index (χ4n) is 4.38. The molecular formula is C28H31F2NO4. The van der Waals surface area contributed by atoms with Gasteiger partial charge in [0.05, 0.1) is 11.3 Å². The minimum Gasteiger partial charge on any atom is -0.478 e. The number of nitrogens with zero attached hydrogens (tertiary/aromatic N) is 1. The van der Waals surface area contributed by atoms with Gasteiger partial charge in [0, 0.05) is 36.5 Å². The maximum absolute atomic E-state index is 14.8. The molecule has 2 aromatic carbocycles. The summed E-state index contributed by atoms with van der Waals surface area (Å²) in [6.07, 6.45) is 8.36. The molecule has 0 aliphatic heterocycles. The number of hydrogen-bond acceptors (Lipinski definition) is 3. The minimum atomic E-state index is -1.33.